The van der Waals surface area contributed by atoms with Crippen LogP contribution in [0.25, 0.3) is 0 Å². The molecule has 56 valence electrons. The van der Waals surface area contributed by atoms with Crippen LogP contribution in [0.3, 0.4) is 0 Å². The molecule has 0 amide bonds. The molecule has 1 aliphatic heterocycles. The van der Waals surface area contributed by atoms with Crippen LogP contribution in [0.2, 0.25) is 0 Å². The van der Waals surface area contributed by atoms with Crippen molar-refractivity contribution in [3.05, 3.63) is 0 Å². The number of carboxylic acid groups (broad SMARTS) is 1. The van der Waals surface area contributed by atoms with Crippen molar-refractivity contribution in [2.45, 2.75) is 12.8 Å². The molecule has 1 heterocycles. The smallest absolute Gasteiger partial charge is 0.311 e. The highest BCUT2D eigenvalue weighted by atomic mass is 16.4. The van der Waals surface area contributed by atoms with Gasteiger partial charge in [-0.2, -0.15) is 0 Å². The van der Waals surface area contributed by atoms with Gasteiger partial charge in [0.25, 0.3) is 0 Å². The number of piperidine rings is 1. The normalized spacial score (nSPS) is 44.2. The van der Waals surface area contributed by atoms with E-state index in [9.17, 15) is 4.79 Å². The maximum atomic E-state index is 10.7. The van der Waals surface area contributed by atoms with E-state index in [0.717, 1.165) is 19.4 Å². The predicted molar refractivity (Wildman–Crippen MR) is 35.7 cm³/mol. The first-order valence-electron chi connectivity index (χ1n) is 3.70. The fourth-order valence-electron chi connectivity index (χ4n) is 1.90. The molecule has 0 radical (unpaired) electrons. The van der Waals surface area contributed by atoms with Gasteiger partial charge in [-0.1, -0.05) is 0 Å². The first-order chi connectivity index (χ1) is 4.76. The lowest BCUT2D eigenvalue weighted by molar-refractivity contribution is -0.144. The molecule has 3 nitrogen and oxygen atoms in total. The Labute approximate surface area is 59.4 Å². The van der Waals surface area contributed by atoms with Crippen LogP contribution in [0, 0.1) is 11.3 Å². The molecule has 0 aromatic carbocycles. The number of aliphatic carboxylic acids is 1. The van der Waals surface area contributed by atoms with Gasteiger partial charge in [0.2, 0.25) is 0 Å². The summed E-state index contributed by atoms with van der Waals surface area (Å²) in [7, 11) is 0. The van der Waals surface area contributed by atoms with E-state index in [4.69, 9.17) is 5.11 Å². The molecule has 1 saturated carbocycles. The van der Waals surface area contributed by atoms with E-state index in [2.05, 4.69) is 5.32 Å². The quantitative estimate of drug-likeness (QED) is 0.543. The van der Waals surface area contributed by atoms with Gasteiger partial charge in [0, 0.05) is 6.54 Å². The molecular formula is C7H11NO2. The van der Waals surface area contributed by atoms with Crippen molar-refractivity contribution < 1.29 is 9.90 Å². The summed E-state index contributed by atoms with van der Waals surface area (Å²) < 4.78 is 0. The molecule has 10 heavy (non-hydrogen) atoms. The van der Waals surface area contributed by atoms with Gasteiger partial charge in [-0.3, -0.25) is 4.79 Å². The Morgan fingerprint density at radius 3 is 3.00 bits per heavy atom. The lowest BCUT2D eigenvalue weighted by atomic mass is 9.99. The van der Waals surface area contributed by atoms with Crippen LogP contribution in [-0.4, -0.2) is 24.2 Å². The van der Waals surface area contributed by atoms with Crippen molar-refractivity contribution in [3.8, 4) is 0 Å². The van der Waals surface area contributed by atoms with Gasteiger partial charge in [0.15, 0.2) is 0 Å². The van der Waals surface area contributed by atoms with Gasteiger partial charge in [-0.25, -0.2) is 0 Å². The minimum atomic E-state index is -0.607. The average molecular weight is 141 g/mol. The Bertz CT molecular complexity index is 180. The average Bonchev–Trinajstić information content (AvgIpc) is 2.61. The number of nitrogens with one attached hydrogen (secondary N) is 1. The van der Waals surface area contributed by atoms with Gasteiger partial charge >= 0.3 is 5.97 Å². The summed E-state index contributed by atoms with van der Waals surface area (Å²) >= 11 is 0. The summed E-state index contributed by atoms with van der Waals surface area (Å²) in [5.74, 6) is -0.129. The Hall–Kier alpha value is -0.570. The molecule has 0 bridgehead atoms. The molecule has 2 atom stereocenters. The second-order valence-electron chi connectivity index (χ2n) is 3.33. The predicted octanol–water partition coefficient (Wildman–Crippen LogP) is 0.0706. The topological polar surface area (TPSA) is 49.3 Å². The molecular weight excluding hydrogens is 130 g/mol. The largest absolute Gasteiger partial charge is 0.481 e. The third-order valence-electron chi connectivity index (χ3n) is 2.77. The Kier molecular flexibility index (Phi) is 1.06. The van der Waals surface area contributed by atoms with Crippen molar-refractivity contribution in [2.24, 2.45) is 11.3 Å². The van der Waals surface area contributed by atoms with Crippen LogP contribution in [0.4, 0.5) is 0 Å². The number of carboxylic acids is 1. The van der Waals surface area contributed by atoms with E-state index in [1.807, 2.05) is 0 Å². The number of rotatable bonds is 1. The number of fused-ring (bicyclic) bond motifs is 1. The van der Waals surface area contributed by atoms with E-state index in [0.29, 0.717) is 12.5 Å². The molecule has 3 heteroatoms. The maximum absolute atomic E-state index is 10.7. The molecule has 1 saturated heterocycles. The van der Waals surface area contributed by atoms with Crippen LogP contribution in [0.15, 0.2) is 0 Å². The van der Waals surface area contributed by atoms with Gasteiger partial charge in [-0.15, -0.1) is 0 Å². The Balaban J connectivity index is 2.12. The van der Waals surface area contributed by atoms with E-state index in [-0.39, 0.29) is 5.41 Å². The zero-order valence-electron chi connectivity index (χ0n) is 5.76. The zero-order chi connectivity index (χ0) is 7.19. The second-order valence-corrected chi connectivity index (χ2v) is 3.33. The Morgan fingerprint density at radius 1 is 1.70 bits per heavy atom. The highest BCUT2D eigenvalue weighted by Crippen LogP contribution is 2.55. The van der Waals surface area contributed by atoms with Crippen molar-refractivity contribution in [1.82, 2.24) is 5.32 Å². The Morgan fingerprint density at radius 2 is 2.50 bits per heavy atom. The van der Waals surface area contributed by atoms with Crippen LogP contribution >= 0.6 is 0 Å². The van der Waals surface area contributed by atoms with Crippen molar-refractivity contribution >= 4 is 5.97 Å². The lowest BCUT2D eigenvalue weighted by Gasteiger charge is -2.18. The first kappa shape index (κ1) is 6.16. The summed E-state index contributed by atoms with van der Waals surface area (Å²) in [6.45, 7) is 1.69. The molecule has 0 spiro atoms. The summed E-state index contributed by atoms with van der Waals surface area (Å²) in [4.78, 5) is 10.7. The summed E-state index contributed by atoms with van der Waals surface area (Å²) in [5.41, 5.74) is -0.349. The minimum Gasteiger partial charge on any atom is -0.481 e. The molecule has 0 aromatic rings. The van der Waals surface area contributed by atoms with Crippen LogP contribution < -0.4 is 5.32 Å². The van der Waals surface area contributed by atoms with Crippen LogP contribution in [-0.2, 0) is 4.79 Å². The zero-order valence-corrected chi connectivity index (χ0v) is 5.76. The molecule has 0 aromatic heterocycles. The second kappa shape index (κ2) is 1.72. The van der Waals surface area contributed by atoms with E-state index in [1.165, 1.54) is 0 Å². The van der Waals surface area contributed by atoms with E-state index >= 15 is 0 Å². The third-order valence-corrected chi connectivity index (χ3v) is 2.77. The number of carbonyl (C=O) groups is 1. The molecule has 1 unspecified atom stereocenters. The molecule has 2 aliphatic rings. The standard InChI is InChI=1S/C7H11NO2/c9-6(10)7-3-5(7)1-2-8-4-7/h5,8H,1-4H2,(H,9,10)/t5?,7-/m0/s1. The highest BCUT2D eigenvalue weighted by molar-refractivity contribution is 5.79. The van der Waals surface area contributed by atoms with Crippen molar-refractivity contribution in [3.63, 3.8) is 0 Å². The summed E-state index contributed by atoms with van der Waals surface area (Å²) in [6.07, 6.45) is 1.95. The van der Waals surface area contributed by atoms with Crippen molar-refractivity contribution in [2.75, 3.05) is 13.1 Å². The summed E-state index contributed by atoms with van der Waals surface area (Å²) in [5, 5.41) is 11.9. The van der Waals surface area contributed by atoms with Gasteiger partial charge in [0.05, 0.1) is 5.41 Å². The fourth-order valence-corrected chi connectivity index (χ4v) is 1.90. The fraction of sp³-hybridized carbons (Fsp3) is 0.857. The molecule has 2 N–H and O–H groups in total. The number of hydrogen-bond donors (Lipinski definition) is 2. The minimum absolute atomic E-state index is 0.349. The SMILES string of the molecule is O=C(O)[C@@]12CNCCC1C2. The van der Waals surface area contributed by atoms with E-state index in [1.54, 1.807) is 0 Å². The third kappa shape index (κ3) is 0.611. The van der Waals surface area contributed by atoms with Gasteiger partial charge in [0.1, 0.15) is 0 Å². The maximum Gasteiger partial charge on any atom is 0.311 e. The van der Waals surface area contributed by atoms with E-state index < -0.39 is 5.97 Å². The van der Waals surface area contributed by atoms with Crippen molar-refractivity contribution in [1.29, 1.82) is 0 Å². The lowest BCUT2D eigenvalue weighted by Crippen LogP contribution is -2.36. The first-order valence-corrected chi connectivity index (χ1v) is 3.70. The number of hydrogen-bond acceptors (Lipinski definition) is 2. The van der Waals surface area contributed by atoms with Crippen LogP contribution in [0.5, 0.6) is 0 Å². The van der Waals surface area contributed by atoms with Gasteiger partial charge < -0.3 is 10.4 Å². The molecule has 2 fully saturated rings. The summed E-state index contributed by atoms with van der Waals surface area (Å²) in [6, 6.07) is 0. The molecule has 2 rings (SSSR count). The molecule has 1 aliphatic carbocycles. The monoisotopic (exact) mass is 141 g/mol. The van der Waals surface area contributed by atoms with Gasteiger partial charge in [-0.05, 0) is 25.3 Å². The highest BCUT2D eigenvalue weighted by Gasteiger charge is 2.60. The van der Waals surface area contributed by atoms with Crippen LogP contribution in [0.1, 0.15) is 12.8 Å².